The van der Waals surface area contributed by atoms with Gasteiger partial charge in [0.15, 0.2) is 0 Å². The second kappa shape index (κ2) is 7.26. The summed E-state index contributed by atoms with van der Waals surface area (Å²) in [5.41, 5.74) is 1.71. The number of hydrogen-bond acceptors (Lipinski definition) is 4. The molecule has 0 aliphatic carbocycles. The van der Waals surface area contributed by atoms with Gasteiger partial charge in [-0.2, -0.15) is 0 Å². The second-order valence-corrected chi connectivity index (χ2v) is 7.59. The van der Waals surface area contributed by atoms with Gasteiger partial charge >= 0.3 is 6.03 Å². The summed E-state index contributed by atoms with van der Waals surface area (Å²) in [7, 11) is 0. The Bertz CT molecular complexity index is 908. The third kappa shape index (κ3) is 3.02. The number of aryl methyl sites for hydroxylation is 1. The summed E-state index contributed by atoms with van der Waals surface area (Å²) < 4.78 is 1.96. The van der Waals surface area contributed by atoms with Gasteiger partial charge in [0, 0.05) is 18.8 Å². The van der Waals surface area contributed by atoms with Crippen LogP contribution in [0.1, 0.15) is 38.1 Å². The number of rotatable bonds is 2. The molecule has 3 amide bonds. The number of para-hydroxylation sites is 1. The van der Waals surface area contributed by atoms with E-state index in [1.165, 1.54) is 0 Å². The molecule has 8 nitrogen and oxygen atoms in total. The average Bonchev–Trinajstić information content (AvgIpc) is 3.01. The predicted octanol–water partition coefficient (Wildman–Crippen LogP) is 2.79. The van der Waals surface area contributed by atoms with Gasteiger partial charge in [-0.15, -0.1) is 10.2 Å². The van der Waals surface area contributed by atoms with Gasteiger partial charge in [-0.1, -0.05) is 38.5 Å². The molecule has 1 N–H and O–H groups in total. The number of amides is 3. The summed E-state index contributed by atoms with van der Waals surface area (Å²) in [5, 5.41) is 11.4. The van der Waals surface area contributed by atoms with Gasteiger partial charge in [0.2, 0.25) is 11.9 Å². The molecule has 8 heteroatoms. The molecule has 0 saturated heterocycles. The van der Waals surface area contributed by atoms with Gasteiger partial charge < -0.3 is 10.2 Å². The molecule has 0 fully saturated rings. The van der Waals surface area contributed by atoms with E-state index in [-0.39, 0.29) is 17.9 Å². The number of benzene rings is 1. The summed E-state index contributed by atoms with van der Waals surface area (Å²) in [4.78, 5) is 30.1. The third-order valence-electron chi connectivity index (χ3n) is 5.80. The van der Waals surface area contributed by atoms with Crippen molar-refractivity contribution in [1.29, 1.82) is 0 Å². The molecule has 3 heterocycles. The zero-order chi connectivity index (χ0) is 19.8. The lowest BCUT2D eigenvalue weighted by molar-refractivity contribution is -0.121. The highest BCUT2D eigenvalue weighted by Crippen LogP contribution is 2.30. The molecule has 1 aromatic carbocycles. The molecular formula is C20H26N6O2. The monoisotopic (exact) mass is 382 g/mol. The minimum absolute atomic E-state index is 0.0302. The van der Waals surface area contributed by atoms with Crippen molar-refractivity contribution in [3.05, 3.63) is 35.7 Å². The average molecular weight is 382 g/mol. The Hall–Kier alpha value is -2.90. The van der Waals surface area contributed by atoms with Crippen molar-refractivity contribution in [2.45, 2.75) is 52.7 Å². The Morgan fingerprint density at radius 1 is 1.29 bits per heavy atom. The number of anilines is 2. The molecule has 148 valence electrons. The summed E-state index contributed by atoms with van der Waals surface area (Å²) in [6.07, 6.45) is 1.63. The van der Waals surface area contributed by atoms with E-state index in [4.69, 9.17) is 0 Å². The lowest BCUT2D eigenvalue weighted by Gasteiger charge is -2.37. The molecular weight excluding hydrogens is 356 g/mol. The van der Waals surface area contributed by atoms with Gasteiger partial charge in [0.25, 0.3) is 0 Å². The van der Waals surface area contributed by atoms with Crippen LogP contribution >= 0.6 is 0 Å². The molecule has 2 aliphatic rings. The third-order valence-corrected chi connectivity index (χ3v) is 5.80. The first-order valence-corrected chi connectivity index (χ1v) is 9.88. The van der Waals surface area contributed by atoms with Crippen LogP contribution in [-0.2, 0) is 17.9 Å². The minimum Gasteiger partial charge on any atom is -0.324 e. The Morgan fingerprint density at radius 2 is 2.07 bits per heavy atom. The maximum Gasteiger partial charge on any atom is 0.327 e. The Morgan fingerprint density at radius 3 is 2.86 bits per heavy atom. The molecule has 0 bridgehead atoms. The number of nitrogens with zero attached hydrogens (tertiary/aromatic N) is 5. The van der Waals surface area contributed by atoms with Crippen LogP contribution in [0.2, 0.25) is 0 Å². The zero-order valence-corrected chi connectivity index (χ0v) is 16.6. The first kappa shape index (κ1) is 18.5. The van der Waals surface area contributed by atoms with Crippen molar-refractivity contribution < 1.29 is 9.59 Å². The van der Waals surface area contributed by atoms with Crippen LogP contribution in [0.5, 0.6) is 0 Å². The largest absolute Gasteiger partial charge is 0.327 e. The number of aromatic nitrogens is 3. The van der Waals surface area contributed by atoms with Gasteiger partial charge in [0.05, 0.1) is 6.54 Å². The number of carbonyl (C=O) groups is 2. The summed E-state index contributed by atoms with van der Waals surface area (Å²) in [6.45, 7) is 7.71. The van der Waals surface area contributed by atoms with E-state index < -0.39 is 6.04 Å². The fourth-order valence-electron chi connectivity index (χ4n) is 4.04. The van der Waals surface area contributed by atoms with Crippen LogP contribution in [0.4, 0.5) is 16.4 Å². The molecule has 1 aromatic heterocycles. The Kier molecular flexibility index (Phi) is 4.78. The van der Waals surface area contributed by atoms with E-state index in [0.29, 0.717) is 19.0 Å². The van der Waals surface area contributed by atoms with Crippen molar-refractivity contribution in [2.24, 2.45) is 5.92 Å². The maximum atomic E-state index is 13.7. The number of urea groups is 1. The number of hydrogen-bond donors (Lipinski definition) is 1. The number of fused-ring (bicyclic) bond motifs is 2. The highest BCUT2D eigenvalue weighted by atomic mass is 16.2. The molecule has 0 saturated carbocycles. The highest BCUT2D eigenvalue weighted by molar-refractivity contribution is 6.01. The van der Waals surface area contributed by atoms with E-state index in [2.05, 4.69) is 15.5 Å². The fraction of sp³-hybridized carbons (Fsp3) is 0.500. The van der Waals surface area contributed by atoms with Crippen molar-refractivity contribution in [1.82, 2.24) is 19.7 Å². The molecule has 0 radical (unpaired) electrons. The maximum absolute atomic E-state index is 13.7. The van der Waals surface area contributed by atoms with Gasteiger partial charge in [-0.05, 0) is 30.9 Å². The van der Waals surface area contributed by atoms with Crippen molar-refractivity contribution in [3.63, 3.8) is 0 Å². The minimum atomic E-state index is -0.538. The van der Waals surface area contributed by atoms with Gasteiger partial charge in [0.1, 0.15) is 11.9 Å². The van der Waals surface area contributed by atoms with Gasteiger partial charge in [-0.3, -0.25) is 14.3 Å². The van der Waals surface area contributed by atoms with Crippen LogP contribution < -0.4 is 10.2 Å². The predicted molar refractivity (Wildman–Crippen MR) is 106 cm³/mol. The van der Waals surface area contributed by atoms with E-state index in [0.717, 1.165) is 36.5 Å². The first-order valence-electron chi connectivity index (χ1n) is 9.88. The summed E-state index contributed by atoms with van der Waals surface area (Å²) in [6, 6.07) is 6.94. The van der Waals surface area contributed by atoms with E-state index in [9.17, 15) is 9.59 Å². The topological polar surface area (TPSA) is 83.4 Å². The molecule has 2 unspecified atom stereocenters. The zero-order valence-electron chi connectivity index (χ0n) is 16.6. The molecule has 2 aromatic rings. The Balaban J connectivity index is 1.74. The quantitative estimate of drug-likeness (QED) is 0.866. The van der Waals surface area contributed by atoms with E-state index in [1.54, 1.807) is 9.80 Å². The Labute approximate surface area is 164 Å². The van der Waals surface area contributed by atoms with Gasteiger partial charge in [-0.25, -0.2) is 4.79 Å². The number of nitrogens with one attached hydrogen (secondary N) is 1. The van der Waals surface area contributed by atoms with Crippen LogP contribution in [0.15, 0.2) is 24.3 Å². The SMILES string of the molecule is CCC(C)C1C(=O)Nc2ccccc2CN1C(=O)N1CCCn2c(C)nnc21. The van der Waals surface area contributed by atoms with Crippen molar-refractivity contribution in [2.75, 3.05) is 16.8 Å². The standard InChI is InChI=1S/C20H26N6O2/c1-4-13(2)17-18(27)21-16-9-6-5-8-15(16)12-26(17)20(28)25-11-7-10-24-14(3)22-23-19(24)25/h5-6,8-9,13,17H,4,7,10-12H2,1-3H3,(H,21,27). The first-order chi connectivity index (χ1) is 13.5. The number of carbonyl (C=O) groups excluding carboxylic acids is 2. The van der Waals surface area contributed by atoms with Crippen LogP contribution in [0.25, 0.3) is 0 Å². The lowest BCUT2D eigenvalue weighted by atomic mass is 9.97. The molecule has 4 rings (SSSR count). The fourth-order valence-corrected chi connectivity index (χ4v) is 4.04. The van der Waals surface area contributed by atoms with E-state index in [1.807, 2.05) is 49.6 Å². The van der Waals surface area contributed by atoms with E-state index >= 15 is 0 Å². The summed E-state index contributed by atoms with van der Waals surface area (Å²) >= 11 is 0. The normalized spacial score (nSPS) is 20.1. The van der Waals surface area contributed by atoms with Crippen molar-refractivity contribution in [3.8, 4) is 0 Å². The molecule has 2 atom stereocenters. The van der Waals surface area contributed by atoms with Crippen LogP contribution in [0.3, 0.4) is 0 Å². The molecule has 28 heavy (non-hydrogen) atoms. The highest BCUT2D eigenvalue weighted by Gasteiger charge is 2.40. The lowest BCUT2D eigenvalue weighted by Crippen LogP contribution is -2.54. The molecule has 0 spiro atoms. The smallest absolute Gasteiger partial charge is 0.324 e. The molecule has 2 aliphatic heterocycles. The van der Waals surface area contributed by atoms with Crippen molar-refractivity contribution >= 4 is 23.6 Å². The van der Waals surface area contributed by atoms with Crippen LogP contribution in [0, 0.1) is 12.8 Å². The summed E-state index contributed by atoms with van der Waals surface area (Å²) in [5.74, 6) is 1.25. The van der Waals surface area contributed by atoms with Crippen LogP contribution in [-0.4, -0.2) is 44.2 Å². The second-order valence-electron chi connectivity index (χ2n) is 7.59.